The van der Waals surface area contributed by atoms with E-state index >= 15 is 0 Å². The Morgan fingerprint density at radius 1 is 1.23 bits per heavy atom. The van der Waals surface area contributed by atoms with E-state index in [0.29, 0.717) is 12.0 Å². The van der Waals surface area contributed by atoms with Crippen molar-refractivity contribution in [3.63, 3.8) is 0 Å². The minimum atomic E-state index is 0.412. The zero-order valence-electron chi connectivity index (χ0n) is 7.14. The highest BCUT2D eigenvalue weighted by molar-refractivity contribution is 5.59. The van der Waals surface area contributed by atoms with Gasteiger partial charge in [0.2, 0.25) is 0 Å². The van der Waals surface area contributed by atoms with Crippen LogP contribution in [0.4, 0.5) is 5.69 Å². The Balaban J connectivity index is 2.12. The molecule has 64 valence electrons. The standard InChI is InChI=1S/C11H10N2/c1-2-5-9-8(4-1)11-10(13-9)6-3-7-12-11/h1-9,13H. The van der Waals surface area contributed by atoms with E-state index < -0.39 is 0 Å². The number of pyridine rings is 1. The average molecular weight is 170 g/mol. The van der Waals surface area contributed by atoms with E-state index in [1.54, 1.807) is 0 Å². The van der Waals surface area contributed by atoms with Gasteiger partial charge in [-0.05, 0) is 12.1 Å². The molecule has 2 atom stereocenters. The summed E-state index contributed by atoms with van der Waals surface area (Å²) in [6.45, 7) is 0. The second kappa shape index (κ2) is 2.46. The molecule has 1 aromatic heterocycles. The molecule has 0 amide bonds. The Kier molecular flexibility index (Phi) is 1.30. The van der Waals surface area contributed by atoms with E-state index in [-0.39, 0.29) is 0 Å². The fraction of sp³-hybridized carbons (Fsp3) is 0.182. The molecule has 0 fully saturated rings. The molecule has 2 nitrogen and oxygen atoms in total. The van der Waals surface area contributed by atoms with Gasteiger partial charge in [0.25, 0.3) is 0 Å². The minimum Gasteiger partial charge on any atom is -0.376 e. The van der Waals surface area contributed by atoms with Gasteiger partial charge < -0.3 is 5.32 Å². The highest BCUT2D eigenvalue weighted by Crippen LogP contribution is 2.36. The number of fused-ring (bicyclic) bond motifs is 3. The Morgan fingerprint density at radius 3 is 3.15 bits per heavy atom. The molecule has 13 heavy (non-hydrogen) atoms. The molecule has 2 aliphatic rings. The van der Waals surface area contributed by atoms with E-state index in [0.717, 1.165) is 0 Å². The van der Waals surface area contributed by atoms with Crippen molar-refractivity contribution in [1.29, 1.82) is 0 Å². The zero-order chi connectivity index (χ0) is 8.67. The summed E-state index contributed by atoms with van der Waals surface area (Å²) in [6, 6.07) is 4.47. The second-order valence-electron chi connectivity index (χ2n) is 3.40. The quantitative estimate of drug-likeness (QED) is 0.644. The third-order valence-electron chi connectivity index (χ3n) is 2.61. The molecule has 0 radical (unpaired) electrons. The molecule has 2 unspecified atom stereocenters. The zero-order valence-corrected chi connectivity index (χ0v) is 7.14. The van der Waals surface area contributed by atoms with Crippen LogP contribution in [0.2, 0.25) is 0 Å². The fourth-order valence-electron chi connectivity index (χ4n) is 1.99. The molecular weight excluding hydrogens is 160 g/mol. The molecular formula is C11H10N2. The highest BCUT2D eigenvalue weighted by Gasteiger charge is 2.30. The van der Waals surface area contributed by atoms with Crippen LogP contribution in [0.3, 0.4) is 0 Å². The summed E-state index contributed by atoms with van der Waals surface area (Å²) in [5.41, 5.74) is 2.35. The first-order chi connectivity index (χ1) is 6.45. The number of hydrogen-bond donors (Lipinski definition) is 1. The van der Waals surface area contributed by atoms with Crippen molar-refractivity contribution < 1.29 is 0 Å². The van der Waals surface area contributed by atoms with E-state index in [1.807, 2.05) is 12.3 Å². The lowest BCUT2D eigenvalue weighted by atomic mass is 9.95. The average Bonchev–Trinajstić information content (AvgIpc) is 2.56. The maximum Gasteiger partial charge on any atom is 0.0727 e. The third-order valence-corrected chi connectivity index (χ3v) is 2.61. The maximum atomic E-state index is 4.40. The predicted molar refractivity (Wildman–Crippen MR) is 52.7 cm³/mol. The molecule has 0 aromatic carbocycles. The van der Waals surface area contributed by atoms with Crippen molar-refractivity contribution in [2.75, 3.05) is 5.32 Å². The number of allylic oxidation sites excluding steroid dienone is 2. The number of nitrogens with one attached hydrogen (secondary N) is 1. The van der Waals surface area contributed by atoms with Crippen molar-refractivity contribution >= 4 is 5.69 Å². The van der Waals surface area contributed by atoms with Crippen molar-refractivity contribution in [1.82, 2.24) is 4.98 Å². The van der Waals surface area contributed by atoms with Crippen molar-refractivity contribution in [3.05, 3.63) is 48.3 Å². The van der Waals surface area contributed by atoms with Crippen molar-refractivity contribution in [2.45, 2.75) is 12.0 Å². The van der Waals surface area contributed by atoms with Crippen LogP contribution in [0.1, 0.15) is 11.6 Å². The normalized spacial score (nSPS) is 28.0. The largest absolute Gasteiger partial charge is 0.376 e. The molecule has 0 bridgehead atoms. The smallest absolute Gasteiger partial charge is 0.0727 e. The summed E-state index contributed by atoms with van der Waals surface area (Å²) < 4.78 is 0. The van der Waals surface area contributed by atoms with Crippen LogP contribution in [-0.4, -0.2) is 11.0 Å². The van der Waals surface area contributed by atoms with Gasteiger partial charge in [-0.1, -0.05) is 24.3 Å². The molecule has 3 rings (SSSR count). The van der Waals surface area contributed by atoms with Crippen LogP contribution in [0.15, 0.2) is 42.6 Å². The molecule has 2 heterocycles. The van der Waals surface area contributed by atoms with Crippen LogP contribution in [0.5, 0.6) is 0 Å². The number of rotatable bonds is 0. The van der Waals surface area contributed by atoms with Crippen LogP contribution in [0, 0.1) is 0 Å². The summed E-state index contributed by atoms with van der Waals surface area (Å²) in [5.74, 6) is 0.432. The van der Waals surface area contributed by atoms with E-state index in [4.69, 9.17) is 0 Å². The van der Waals surface area contributed by atoms with Crippen LogP contribution < -0.4 is 5.32 Å². The van der Waals surface area contributed by atoms with Gasteiger partial charge >= 0.3 is 0 Å². The first-order valence-corrected chi connectivity index (χ1v) is 4.51. The summed E-state index contributed by atoms with van der Waals surface area (Å²) >= 11 is 0. The summed E-state index contributed by atoms with van der Waals surface area (Å²) in [7, 11) is 0. The van der Waals surface area contributed by atoms with Crippen LogP contribution in [-0.2, 0) is 0 Å². The number of nitrogens with zero attached hydrogens (tertiary/aromatic N) is 1. The van der Waals surface area contributed by atoms with Crippen LogP contribution in [0.25, 0.3) is 0 Å². The predicted octanol–water partition coefficient (Wildman–Crippen LogP) is 2.09. The lowest BCUT2D eigenvalue weighted by molar-refractivity contribution is 0.784. The Morgan fingerprint density at radius 2 is 2.15 bits per heavy atom. The minimum absolute atomic E-state index is 0.412. The molecule has 1 aliphatic carbocycles. The topological polar surface area (TPSA) is 24.9 Å². The molecule has 1 aromatic rings. The van der Waals surface area contributed by atoms with Gasteiger partial charge in [0.15, 0.2) is 0 Å². The number of aromatic nitrogens is 1. The monoisotopic (exact) mass is 170 g/mol. The second-order valence-corrected chi connectivity index (χ2v) is 3.40. The van der Waals surface area contributed by atoms with Gasteiger partial charge in [0.1, 0.15) is 0 Å². The number of anilines is 1. The summed E-state index contributed by atoms with van der Waals surface area (Å²) in [5, 5.41) is 3.44. The maximum absolute atomic E-state index is 4.40. The van der Waals surface area contributed by atoms with Gasteiger partial charge in [-0.25, -0.2) is 0 Å². The molecule has 1 aliphatic heterocycles. The van der Waals surface area contributed by atoms with E-state index in [1.165, 1.54) is 11.4 Å². The first-order valence-electron chi connectivity index (χ1n) is 4.51. The summed E-state index contributed by atoms with van der Waals surface area (Å²) in [4.78, 5) is 4.40. The highest BCUT2D eigenvalue weighted by atomic mass is 15.0. The van der Waals surface area contributed by atoms with Gasteiger partial charge in [-0.15, -0.1) is 0 Å². The number of hydrogen-bond acceptors (Lipinski definition) is 2. The SMILES string of the molecule is C1=CC2Nc3cccnc3C2C=C1. The molecule has 0 spiro atoms. The Hall–Kier alpha value is -1.57. The summed E-state index contributed by atoms with van der Waals surface area (Å²) in [6.07, 6.45) is 10.4. The van der Waals surface area contributed by atoms with E-state index in [2.05, 4.69) is 40.7 Å². The van der Waals surface area contributed by atoms with Crippen molar-refractivity contribution in [2.24, 2.45) is 0 Å². The Bertz CT molecular complexity index is 393. The lowest BCUT2D eigenvalue weighted by Gasteiger charge is -2.14. The first kappa shape index (κ1) is 6.89. The third kappa shape index (κ3) is 0.917. The molecule has 1 N–H and O–H groups in total. The van der Waals surface area contributed by atoms with Crippen molar-refractivity contribution in [3.8, 4) is 0 Å². The van der Waals surface area contributed by atoms with Gasteiger partial charge in [-0.2, -0.15) is 0 Å². The fourth-order valence-corrected chi connectivity index (χ4v) is 1.99. The lowest BCUT2D eigenvalue weighted by Crippen LogP contribution is -2.17. The molecule has 0 saturated heterocycles. The van der Waals surface area contributed by atoms with Gasteiger partial charge in [0, 0.05) is 12.1 Å². The molecule has 0 saturated carbocycles. The van der Waals surface area contributed by atoms with Crippen LogP contribution >= 0.6 is 0 Å². The Labute approximate surface area is 77.0 Å². The van der Waals surface area contributed by atoms with Gasteiger partial charge in [-0.3, -0.25) is 4.98 Å². The van der Waals surface area contributed by atoms with E-state index in [9.17, 15) is 0 Å². The van der Waals surface area contributed by atoms with Gasteiger partial charge in [0.05, 0.1) is 17.4 Å². The molecule has 2 heteroatoms.